The maximum Gasteiger partial charge on any atom is 0.142 e. The van der Waals surface area contributed by atoms with Gasteiger partial charge in [0.15, 0.2) is 0 Å². The summed E-state index contributed by atoms with van der Waals surface area (Å²) in [7, 11) is 0. The quantitative estimate of drug-likeness (QED) is 0.600. The molecule has 0 bridgehead atoms. The topological polar surface area (TPSA) is 15.3 Å². The Hall–Kier alpha value is -0.900. The molecule has 2 nitrogen and oxygen atoms in total. The van der Waals surface area contributed by atoms with Crippen LogP contribution in [0.15, 0.2) is 30.9 Å². The summed E-state index contributed by atoms with van der Waals surface area (Å²) >= 11 is 6.21. The van der Waals surface area contributed by atoms with Crippen LogP contribution < -0.4 is 5.32 Å². The normalized spacial score (nSPS) is 17.6. The van der Waals surface area contributed by atoms with Gasteiger partial charge in [0.2, 0.25) is 0 Å². The molecule has 1 aliphatic rings. The van der Waals surface area contributed by atoms with Crippen LogP contribution in [0, 0.1) is 5.82 Å². The number of nitrogens with one attached hydrogen (secondary N) is 1. The largest absolute Gasteiger partial charge is 0.314 e. The maximum atomic E-state index is 13.8. The molecule has 0 aromatic heterocycles. The highest BCUT2D eigenvalue weighted by molar-refractivity contribution is 6.31. The van der Waals surface area contributed by atoms with Crippen LogP contribution in [0.2, 0.25) is 5.02 Å². The summed E-state index contributed by atoms with van der Waals surface area (Å²) in [5, 5.41) is 3.64. The first-order valence-electron chi connectivity index (χ1n) is 7.73. The van der Waals surface area contributed by atoms with Crippen molar-refractivity contribution in [3.05, 3.63) is 47.3 Å². The molecule has 0 aliphatic carbocycles. The number of unbranched alkanes of at least 4 members (excludes halogenated alkanes) is 2. The van der Waals surface area contributed by atoms with Crippen molar-refractivity contribution in [2.45, 2.75) is 31.7 Å². The summed E-state index contributed by atoms with van der Waals surface area (Å²) in [4.78, 5) is 2.42. The Morgan fingerprint density at radius 2 is 2.10 bits per heavy atom. The van der Waals surface area contributed by atoms with Crippen LogP contribution in [0.25, 0.3) is 0 Å². The van der Waals surface area contributed by atoms with Crippen LogP contribution >= 0.6 is 11.6 Å². The van der Waals surface area contributed by atoms with Crippen molar-refractivity contribution in [1.29, 1.82) is 0 Å². The molecular formula is C17H24ClFN2. The molecule has 0 radical (unpaired) electrons. The number of rotatable bonds is 7. The molecule has 0 saturated carbocycles. The molecule has 1 fully saturated rings. The lowest BCUT2D eigenvalue weighted by atomic mass is 9.97. The zero-order valence-corrected chi connectivity index (χ0v) is 13.2. The molecule has 0 spiro atoms. The minimum Gasteiger partial charge on any atom is -0.314 e. The fourth-order valence-corrected chi connectivity index (χ4v) is 3.18. The number of halogens is 2. The highest BCUT2D eigenvalue weighted by Crippen LogP contribution is 2.33. The lowest BCUT2D eigenvalue weighted by Gasteiger charge is -2.35. The molecule has 1 heterocycles. The van der Waals surface area contributed by atoms with Crippen LogP contribution in [-0.2, 0) is 0 Å². The lowest BCUT2D eigenvalue weighted by molar-refractivity contribution is 0.162. The van der Waals surface area contributed by atoms with Gasteiger partial charge in [0, 0.05) is 32.2 Å². The van der Waals surface area contributed by atoms with Crippen molar-refractivity contribution >= 4 is 11.6 Å². The number of benzene rings is 1. The van der Waals surface area contributed by atoms with Gasteiger partial charge >= 0.3 is 0 Å². The zero-order valence-electron chi connectivity index (χ0n) is 12.5. The maximum absolute atomic E-state index is 13.8. The predicted molar refractivity (Wildman–Crippen MR) is 87.3 cm³/mol. The molecule has 21 heavy (non-hydrogen) atoms. The van der Waals surface area contributed by atoms with Gasteiger partial charge in [-0.25, -0.2) is 4.39 Å². The summed E-state index contributed by atoms with van der Waals surface area (Å²) < 4.78 is 13.8. The number of nitrogens with zero attached hydrogens (tertiary/aromatic N) is 1. The van der Waals surface area contributed by atoms with E-state index in [2.05, 4.69) is 16.8 Å². The van der Waals surface area contributed by atoms with Crippen LogP contribution in [-0.4, -0.2) is 31.1 Å². The van der Waals surface area contributed by atoms with Crippen molar-refractivity contribution in [3.63, 3.8) is 0 Å². The SMILES string of the molecule is C=CCCCC[C@@H](c1cccc(F)c1Cl)N1CCNCC1. The molecule has 4 heteroatoms. The number of hydrogen-bond acceptors (Lipinski definition) is 2. The number of hydrogen-bond donors (Lipinski definition) is 1. The van der Waals surface area contributed by atoms with Crippen molar-refractivity contribution in [3.8, 4) is 0 Å². The molecule has 116 valence electrons. The fourth-order valence-electron chi connectivity index (χ4n) is 2.93. The van der Waals surface area contributed by atoms with Crippen molar-refractivity contribution in [2.75, 3.05) is 26.2 Å². The summed E-state index contributed by atoms with van der Waals surface area (Å²) in [6, 6.07) is 5.36. The monoisotopic (exact) mass is 310 g/mol. The van der Waals surface area contributed by atoms with Gasteiger partial charge in [-0.05, 0) is 30.9 Å². The van der Waals surface area contributed by atoms with E-state index in [9.17, 15) is 4.39 Å². The third-order valence-electron chi connectivity index (χ3n) is 4.07. The van der Waals surface area contributed by atoms with E-state index >= 15 is 0 Å². The van der Waals surface area contributed by atoms with E-state index in [-0.39, 0.29) is 16.9 Å². The standard InChI is InChI=1S/C17H24ClFN2/c1-2-3-4-5-9-16(21-12-10-20-11-13-21)14-7-6-8-15(19)17(14)18/h2,6-8,16,20H,1,3-5,9-13H2/t16-/m0/s1. The molecule has 1 aliphatic heterocycles. The van der Waals surface area contributed by atoms with Gasteiger partial charge in [-0.15, -0.1) is 6.58 Å². The number of piperazine rings is 1. The summed E-state index contributed by atoms with van der Waals surface area (Å²) in [5.41, 5.74) is 0.928. The van der Waals surface area contributed by atoms with Crippen molar-refractivity contribution < 1.29 is 4.39 Å². The average molecular weight is 311 g/mol. The van der Waals surface area contributed by atoms with Crippen molar-refractivity contribution in [1.82, 2.24) is 10.2 Å². The summed E-state index contributed by atoms with van der Waals surface area (Å²) in [6.45, 7) is 7.70. The molecule has 1 atom stereocenters. The Morgan fingerprint density at radius 1 is 1.33 bits per heavy atom. The second-order valence-corrected chi connectivity index (χ2v) is 5.90. The second kappa shape index (κ2) is 8.52. The molecule has 0 unspecified atom stereocenters. The third kappa shape index (κ3) is 4.53. The van der Waals surface area contributed by atoms with Crippen LogP contribution in [0.5, 0.6) is 0 Å². The Kier molecular flexibility index (Phi) is 6.68. The summed E-state index contributed by atoms with van der Waals surface area (Å²) in [6.07, 6.45) is 6.23. The zero-order chi connectivity index (χ0) is 15.1. The molecule has 0 amide bonds. The van der Waals surface area contributed by atoms with E-state index in [0.717, 1.165) is 57.4 Å². The Morgan fingerprint density at radius 3 is 2.81 bits per heavy atom. The first kappa shape index (κ1) is 16.5. The average Bonchev–Trinajstić information content (AvgIpc) is 2.52. The van der Waals surface area contributed by atoms with Gasteiger partial charge in [-0.1, -0.05) is 36.2 Å². The smallest absolute Gasteiger partial charge is 0.142 e. The first-order chi connectivity index (χ1) is 10.2. The van der Waals surface area contributed by atoms with Gasteiger partial charge in [-0.3, -0.25) is 4.90 Å². The molecular weight excluding hydrogens is 287 g/mol. The van der Waals surface area contributed by atoms with E-state index in [1.54, 1.807) is 6.07 Å². The highest BCUT2D eigenvalue weighted by Gasteiger charge is 2.24. The first-order valence-corrected chi connectivity index (χ1v) is 8.11. The predicted octanol–water partition coefficient (Wildman–Crippen LogP) is 4.17. The molecule has 1 N–H and O–H groups in total. The molecule has 1 aromatic carbocycles. The second-order valence-electron chi connectivity index (χ2n) is 5.52. The number of allylic oxidation sites excluding steroid dienone is 1. The van der Waals surface area contributed by atoms with E-state index in [0.29, 0.717) is 0 Å². The van der Waals surface area contributed by atoms with Gasteiger partial charge in [0.25, 0.3) is 0 Å². The Balaban J connectivity index is 2.13. The van der Waals surface area contributed by atoms with Gasteiger partial charge in [-0.2, -0.15) is 0 Å². The summed E-state index contributed by atoms with van der Waals surface area (Å²) in [5.74, 6) is -0.319. The van der Waals surface area contributed by atoms with E-state index in [4.69, 9.17) is 11.6 Å². The Bertz CT molecular complexity index is 458. The van der Waals surface area contributed by atoms with E-state index in [1.807, 2.05) is 12.1 Å². The third-order valence-corrected chi connectivity index (χ3v) is 4.47. The molecule has 2 rings (SSSR count). The van der Waals surface area contributed by atoms with E-state index in [1.165, 1.54) is 6.07 Å². The van der Waals surface area contributed by atoms with Gasteiger partial charge < -0.3 is 5.32 Å². The van der Waals surface area contributed by atoms with E-state index < -0.39 is 0 Å². The van der Waals surface area contributed by atoms with Crippen LogP contribution in [0.3, 0.4) is 0 Å². The van der Waals surface area contributed by atoms with Gasteiger partial charge in [0.1, 0.15) is 5.82 Å². The van der Waals surface area contributed by atoms with Crippen LogP contribution in [0.1, 0.15) is 37.3 Å². The molecule has 1 saturated heterocycles. The van der Waals surface area contributed by atoms with Crippen molar-refractivity contribution in [2.24, 2.45) is 0 Å². The minimum atomic E-state index is -0.319. The van der Waals surface area contributed by atoms with Gasteiger partial charge in [0.05, 0.1) is 5.02 Å². The molecule has 1 aromatic rings. The minimum absolute atomic E-state index is 0.208. The fraction of sp³-hybridized carbons (Fsp3) is 0.529. The lowest BCUT2D eigenvalue weighted by Crippen LogP contribution is -2.45. The van der Waals surface area contributed by atoms with Crippen LogP contribution in [0.4, 0.5) is 4.39 Å². The highest BCUT2D eigenvalue weighted by atomic mass is 35.5. The Labute approximate surface area is 132 Å².